The minimum Gasteiger partial charge on any atom is -0.456 e. The first-order valence-electron chi connectivity index (χ1n) is 9.56. The largest absolute Gasteiger partial charge is 0.456 e. The molecule has 4 aromatic rings. The van der Waals surface area contributed by atoms with E-state index in [1.165, 1.54) is 0 Å². The van der Waals surface area contributed by atoms with Gasteiger partial charge in [0, 0.05) is 26.5 Å². The fourth-order valence-corrected chi connectivity index (χ4v) is 3.11. The Bertz CT molecular complexity index is 1300. The summed E-state index contributed by atoms with van der Waals surface area (Å²) in [6.45, 7) is 7.01. The molecule has 0 amide bonds. The molecular formula is C21H17N2O+. The van der Waals surface area contributed by atoms with E-state index in [0.29, 0.717) is 11.2 Å². The summed E-state index contributed by atoms with van der Waals surface area (Å²) in [5, 5.41) is 1.65. The van der Waals surface area contributed by atoms with Gasteiger partial charge in [-0.05, 0) is 31.4 Å². The third-order valence-corrected chi connectivity index (χ3v) is 4.26. The molecule has 0 radical (unpaired) electrons. The zero-order valence-corrected chi connectivity index (χ0v) is 13.3. The first kappa shape index (κ1) is 10.6. The first-order valence-corrected chi connectivity index (χ1v) is 7.56. The summed E-state index contributed by atoms with van der Waals surface area (Å²) in [7, 11) is 1.80. The molecule has 0 unspecified atom stereocenters. The molecule has 0 aliphatic carbocycles. The predicted molar refractivity (Wildman–Crippen MR) is 96.1 cm³/mol. The van der Waals surface area contributed by atoms with Crippen molar-refractivity contribution >= 4 is 27.6 Å². The Kier molecular flexibility index (Phi) is 2.30. The van der Waals surface area contributed by atoms with Crippen molar-refractivity contribution in [2.75, 3.05) is 0 Å². The molecular weight excluding hydrogens is 296 g/mol. The number of rotatable bonds is 1. The summed E-state index contributed by atoms with van der Waals surface area (Å²) in [5.41, 5.74) is 4.16. The van der Waals surface area contributed by atoms with Crippen molar-refractivity contribution in [3.63, 3.8) is 0 Å². The van der Waals surface area contributed by atoms with E-state index in [4.69, 9.17) is 16.5 Å². The Balaban J connectivity index is 2.05. The Labute approximate surface area is 146 Å². The molecule has 3 heteroatoms. The molecule has 0 saturated carbocycles. The Morgan fingerprint density at radius 3 is 2.75 bits per heavy atom. The maximum atomic E-state index is 8.26. The quantitative estimate of drug-likeness (QED) is 0.347. The number of hydrogen-bond acceptors (Lipinski definition) is 1. The molecule has 24 heavy (non-hydrogen) atoms. The summed E-state index contributed by atoms with van der Waals surface area (Å²) < 4.78 is 39.0. The highest BCUT2D eigenvalue weighted by Crippen LogP contribution is 2.37. The van der Waals surface area contributed by atoms with Crippen LogP contribution in [0.3, 0.4) is 0 Å². The molecule has 2 aromatic carbocycles. The van der Waals surface area contributed by atoms with Crippen molar-refractivity contribution < 1.29 is 14.5 Å². The molecule has 0 aliphatic heterocycles. The minimum absolute atomic E-state index is 0.0782. The zero-order valence-electron chi connectivity index (χ0n) is 17.3. The smallest absolute Gasteiger partial charge is 0.216 e. The number of nitrogens with zero attached hydrogens (tertiary/aromatic N) is 2. The van der Waals surface area contributed by atoms with Gasteiger partial charge in [0.1, 0.15) is 18.2 Å². The van der Waals surface area contributed by atoms with Crippen LogP contribution in [0.25, 0.3) is 38.0 Å². The SMILES string of the molecule is [2H]c1c([N+]#[C-])ccc2c1oc1c(-c3ccc(C([2H])([2H])[2H])c[n+]3C)c(C)ccc12. The fraction of sp³-hybridized carbons (Fsp3) is 0.143. The van der Waals surface area contributed by atoms with E-state index in [1.54, 1.807) is 36.0 Å². The summed E-state index contributed by atoms with van der Waals surface area (Å²) in [6, 6.07) is 10.8. The second kappa shape index (κ2) is 5.21. The number of fused-ring (bicyclic) bond motifs is 3. The van der Waals surface area contributed by atoms with E-state index in [2.05, 4.69) is 4.85 Å². The molecule has 116 valence electrons. The second-order valence-corrected chi connectivity index (χ2v) is 5.85. The summed E-state index contributed by atoms with van der Waals surface area (Å²) in [5.74, 6) is 0. The number of aryl methyl sites for hydroxylation is 3. The maximum absolute atomic E-state index is 8.26. The Morgan fingerprint density at radius 1 is 1.17 bits per heavy atom. The van der Waals surface area contributed by atoms with Gasteiger partial charge in [-0.2, -0.15) is 0 Å². The fourth-order valence-electron chi connectivity index (χ4n) is 3.11. The van der Waals surface area contributed by atoms with Crippen LogP contribution in [0.2, 0.25) is 0 Å². The van der Waals surface area contributed by atoms with E-state index in [0.717, 1.165) is 27.6 Å². The van der Waals surface area contributed by atoms with Gasteiger partial charge in [-0.1, -0.05) is 24.3 Å². The van der Waals surface area contributed by atoms with Crippen molar-refractivity contribution in [3.8, 4) is 11.3 Å². The van der Waals surface area contributed by atoms with Crippen LogP contribution in [0, 0.1) is 20.3 Å². The molecule has 4 rings (SSSR count). The minimum atomic E-state index is -2.17. The number of pyridine rings is 1. The average molecular weight is 317 g/mol. The highest BCUT2D eigenvalue weighted by Gasteiger charge is 2.20. The van der Waals surface area contributed by atoms with Gasteiger partial charge < -0.3 is 4.42 Å². The van der Waals surface area contributed by atoms with Crippen LogP contribution < -0.4 is 4.57 Å². The molecule has 0 N–H and O–H groups in total. The van der Waals surface area contributed by atoms with Crippen molar-refractivity contribution in [3.05, 3.63) is 71.2 Å². The Hall–Kier alpha value is -3.12. The van der Waals surface area contributed by atoms with E-state index in [-0.39, 0.29) is 17.3 Å². The summed E-state index contributed by atoms with van der Waals surface area (Å²) >= 11 is 0. The molecule has 3 nitrogen and oxygen atoms in total. The van der Waals surface area contributed by atoms with Crippen molar-refractivity contribution in [1.82, 2.24) is 0 Å². The Morgan fingerprint density at radius 2 is 2.00 bits per heavy atom. The predicted octanol–water partition coefficient (Wildman–Crippen LogP) is 5.25. The lowest BCUT2D eigenvalue weighted by Gasteiger charge is -2.05. The standard InChI is InChI=1S/C21H17N2O/c1-13-5-10-18(23(4)12-13)20-14(2)6-8-17-16-9-7-15(22-3)11-19(16)24-21(17)20/h5-12H,1-2,4H3/q+1/i1D3,11D. The van der Waals surface area contributed by atoms with Crippen LogP contribution in [0.1, 0.15) is 16.6 Å². The van der Waals surface area contributed by atoms with Gasteiger partial charge in [-0.3, -0.25) is 0 Å². The van der Waals surface area contributed by atoms with Gasteiger partial charge in [0.15, 0.2) is 11.9 Å². The highest BCUT2D eigenvalue weighted by molar-refractivity contribution is 6.10. The third-order valence-electron chi connectivity index (χ3n) is 4.26. The number of benzene rings is 2. The van der Waals surface area contributed by atoms with E-state index < -0.39 is 6.85 Å². The van der Waals surface area contributed by atoms with Gasteiger partial charge in [0.25, 0.3) is 0 Å². The lowest BCUT2D eigenvalue weighted by atomic mass is 10.0. The van der Waals surface area contributed by atoms with Gasteiger partial charge >= 0.3 is 0 Å². The van der Waals surface area contributed by atoms with Crippen LogP contribution in [0.5, 0.6) is 0 Å². The highest BCUT2D eigenvalue weighted by atomic mass is 16.3. The van der Waals surface area contributed by atoms with Crippen LogP contribution in [0.15, 0.2) is 53.1 Å². The molecule has 0 bridgehead atoms. The van der Waals surface area contributed by atoms with Gasteiger partial charge in [-0.25, -0.2) is 9.41 Å². The molecule has 2 aromatic heterocycles. The van der Waals surface area contributed by atoms with Crippen molar-refractivity contribution in [2.45, 2.75) is 13.8 Å². The molecule has 0 saturated heterocycles. The third kappa shape index (κ3) is 2.08. The van der Waals surface area contributed by atoms with Gasteiger partial charge in [0.05, 0.1) is 13.5 Å². The molecule has 0 fully saturated rings. The number of hydrogen-bond donors (Lipinski definition) is 0. The van der Waals surface area contributed by atoms with E-state index >= 15 is 0 Å². The molecule has 2 heterocycles. The van der Waals surface area contributed by atoms with E-state index in [9.17, 15) is 0 Å². The van der Waals surface area contributed by atoms with E-state index in [1.807, 2.05) is 25.1 Å². The zero-order chi connectivity index (χ0) is 20.2. The van der Waals surface area contributed by atoms with Gasteiger partial charge in [-0.15, -0.1) is 0 Å². The number of aromatic nitrogens is 1. The summed E-state index contributed by atoms with van der Waals surface area (Å²) in [4.78, 5) is 3.38. The summed E-state index contributed by atoms with van der Waals surface area (Å²) in [6.07, 6.45) is 1.61. The van der Waals surface area contributed by atoms with Crippen LogP contribution in [-0.4, -0.2) is 0 Å². The van der Waals surface area contributed by atoms with Crippen LogP contribution >= 0.6 is 0 Å². The maximum Gasteiger partial charge on any atom is 0.216 e. The van der Waals surface area contributed by atoms with Crippen molar-refractivity contribution in [2.24, 2.45) is 7.05 Å². The normalized spacial score (nSPS) is 14.0. The van der Waals surface area contributed by atoms with Crippen molar-refractivity contribution in [1.29, 1.82) is 0 Å². The molecule has 0 atom stereocenters. The number of furan rings is 1. The lowest BCUT2D eigenvalue weighted by Crippen LogP contribution is -2.31. The lowest BCUT2D eigenvalue weighted by molar-refractivity contribution is -0.660. The first-order chi connectivity index (χ1) is 13.2. The van der Waals surface area contributed by atoms with Crippen LogP contribution in [-0.2, 0) is 7.05 Å². The average Bonchev–Trinajstić information content (AvgIpc) is 3.01. The molecule has 0 spiro atoms. The topological polar surface area (TPSA) is 21.4 Å². The molecule has 0 aliphatic rings. The van der Waals surface area contributed by atoms with Crippen LogP contribution in [0.4, 0.5) is 5.69 Å². The second-order valence-electron chi connectivity index (χ2n) is 5.85. The monoisotopic (exact) mass is 317 g/mol. The van der Waals surface area contributed by atoms with Gasteiger partial charge in [0.2, 0.25) is 5.69 Å².